The van der Waals surface area contributed by atoms with E-state index in [9.17, 15) is 9.90 Å². The second-order valence-corrected chi connectivity index (χ2v) is 3.96. The van der Waals surface area contributed by atoms with Crippen LogP contribution in [0.3, 0.4) is 0 Å². The number of aliphatic hydroxyl groups is 1. The maximum atomic E-state index is 11.7. The minimum atomic E-state index is -0.742. The molecule has 0 aliphatic carbocycles. The minimum Gasteiger partial charge on any atom is -0.390 e. The molecule has 1 fully saturated rings. The SMILES string of the molecule is C#CCCCN1C(=O)[C@H](OC)[C@@H]1[C@@H](O)CC#C. The fourth-order valence-corrected chi connectivity index (χ4v) is 2.04. The zero-order valence-electron chi connectivity index (χ0n) is 9.93. The van der Waals surface area contributed by atoms with E-state index in [-0.39, 0.29) is 18.4 Å². The summed E-state index contributed by atoms with van der Waals surface area (Å²) in [6, 6.07) is -0.346. The van der Waals surface area contributed by atoms with Crippen LogP contribution in [0.1, 0.15) is 19.3 Å². The number of carbonyl (C=O) groups excluding carboxylic acids is 1. The maximum absolute atomic E-state index is 11.7. The van der Waals surface area contributed by atoms with Crippen molar-refractivity contribution in [2.45, 2.75) is 37.5 Å². The summed E-state index contributed by atoms with van der Waals surface area (Å²) in [7, 11) is 1.46. The van der Waals surface area contributed by atoms with E-state index in [0.29, 0.717) is 13.0 Å². The number of hydrogen-bond donors (Lipinski definition) is 1. The fourth-order valence-electron chi connectivity index (χ4n) is 2.04. The first-order chi connectivity index (χ1) is 8.17. The molecular formula is C13H17NO3. The first kappa shape index (κ1) is 13.6. The molecule has 4 heteroatoms. The van der Waals surface area contributed by atoms with Crippen LogP contribution in [0, 0.1) is 24.7 Å². The fraction of sp³-hybridized carbons (Fsp3) is 0.615. The highest BCUT2D eigenvalue weighted by atomic mass is 16.5. The molecule has 17 heavy (non-hydrogen) atoms. The molecule has 4 nitrogen and oxygen atoms in total. The van der Waals surface area contributed by atoms with Gasteiger partial charge in [0.25, 0.3) is 5.91 Å². The van der Waals surface area contributed by atoms with Crippen molar-refractivity contribution >= 4 is 5.91 Å². The molecule has 1 heterocycles. The molecular weight excluding hydrogens is 218 g/mol. The van der Waals surface area contributed by atoms with Gasteiger partial charge in [0, 0.05) is 26.5 Å². The van der Waals surface area contributed by atoms with Gasteiger partial charge in [-0.1, -0.05) is 0 Å². The average Bonchev–Trinajstić information content (AvgIpc) is 2.31. The van der Waals surface area contributed by atoms with Gasteiger partial charge in [-0.15, -0.1) is 24.7 Å². The van der Waals surface area contributed by atoms with E-state index in [1.54, 1.807) is 4.90 Å². The zero-order chi connectivity index (χ0) is 12.8. The number of terminal acetylenes is 2. The standard InChI is InChI=1S/C13H17NO3/c1-4-6-7-9-14-11(10(15)8-5-2)12(17-3)13(14)16/h1-2,10-12,15H,6-9H2,3H3/t10-,11-,12+/m0/s1. The normalized spacial score (nSPS) is 24.7. The number of likely N-dealkylation sites (tertiary alicyclic amines) is 1. The van der Waals surface area contributed by atoms with Crippen molar-refractivity contribution in [2.75, 3.05) is 13.7 Å². The van der Waals surface area contributed by atoms with Crippen molar-refractivity contribution in [3.05, 3.63) is 0 Å². The number of amides is 1. The molecule has 1 saturated heterocycles. The Morgan fingerprint density at radius 1 is 1.53 bits per heavy atom. The van der Waals surface area contributed by atoms with Crippen LogP contribution in [0.25, 0.3) is 0 Å². The first-order valence-electron chi connectivity index (χ1n) is 5.55. The zero-order valence-corrected chi connectivity index (χ0v) is 9.93. The summed E-state index contributed by atoms with van der Waals surface area (Å²) < 4.78 is 5.05. The van der Waals surface area contributed by atoms with Crippen LogP contribution < -0.4 is 0 Å². The third-order valence-electron chi connectivity index (χ3n) is 2.89. The number of unbranched alkanes of at least 4 members (excludes halogenated alkanes) is 1. The van der Waals surface area contributed by atoms with Gasteiger partial charge in [0.2, 0.25) is 0 Å². The van der Waals surface area contributed by atoms with Crippen molar-refractivity contribution in [1.82, 2.24) is 4.90 Å². The largest absolute Gasteiger partial charge is 0.390 e. The molecule has 0 unspecified atom stereocenters. The van der Waals surface area contributed by atoms with Crippen molar-refractivity contribution in [1.29, 1.82) is 0 Å². The predicted octanol–water partition coefficient (Wildman–Crippen LogP) is 0.00980. The summed E-state index contributed by atoms with van der Waals surface area (Å²) in [5.74, 6) is 4.80. The number of β-lactam (4-membered cyclic amide) rings is 1. The van der Waals surface area contributed by atoms with Crippen molar-refractivity contribution in [3.63, 3.8) is 0 Å². The Kier molecular flexibility index (Phi) is 5.03. The highest BCUT2D eigenvalue weighted by Gasteiger charge is 2.50. The van der Waals surface area contributed by atoms with E-state index in [0.717, 1.165) is 6.42 Å². The van der Waals surface area contributed by atoms with E-state index in [1.807, 2.05) is 0 Å². The quantitative estimate of drug-likeness (QED) is 0.401. The molecule has 1 aliphatic rings. The van der Waals surface area contributed by atoms with Crippen LogP contribution in [0.15, 0.2) is 0 Å². The summed E-state index contributed by atoms with van der Waals surface area (Å²) >= 11 is 0. The Morgan fingerprint density at radius 3 is 2.76 bits per heavy atom. The second-order valence-electron chi connectivity index (χ2n) is 3.96. The lowest BCUT2D eigenvalue weighted by Gasteiger charge is -2.48. The van der Waals surface area contributed by atoms with Gasteiger partial charge in [0.15, 0.2) is 6.10 Å². The summed E-state index contributed by atoms with van der Waals surface area (Å²) in [5, 5.41) is 9.86. The molecule has 92 valence electrons. The summed E-state index contributed by atoms with van der Waals surface area (Å²) in [6.45, 7) is 0.537. The molecule has 0 saturated carbocycles. The monoisotopic (exact) mass is 235 g/mol. The van der Waals surface area contributed by atoms with E-state index in [2.05, 4.69) is 11.8 Å². The summed E-state index contributed by atoms with van der Waals surface area (Å²) in [4.78, 5) is 13.3. The van der Waals surface area contributed by atoms with Gasteiger partial charge in [-0.3, -0.25) is 4.79 Å². The van der Waals surface area contributed by atoms with E-state index >= 15 is 0 Å². The van der Waals surface area contributed by atoms with Gasteiger partial charge in [0.1, 0.15) is 0 Å². The lowest BCUT2D eigenvalue weighted by molar-refractivity contribution is -0.180. The molecule has 1 N–H and O–H groups in total. The Balaban J connectivity index is 2.59. The summed E-state index contributed by atoms with van der Waals surface area (Å²) in [5.41, 5.74) is 0. The lowest BCUT2D eigenvalue weighted by Crippen LogP contribution is -2.69. The molecule has 1 rings (SSSR count). The highest BCUT2D eigenvalue weighted by Crippen LogP contribution is 2.27. The number of hydrogen-bond acceptors (Lipinski definition) is 3. The van der Waals surface area contributed by atoms with Crippen LogP contribution in [0.2, 0.25) is 0 Å². The Bertz CT molecular complexity index is 353. The third kappa shape index (κ3) is 2.79. The third-order valence-corrected chi connectivity index (χ3v) is 2.89. The van der Waals surface area contributed by atoms with Crippen LogP contribution in [0.4, 0.5) is 0 Å². The minimum absolute atomic E-state index is 0.106. The Hall–Kier alpha value is -1.49. The predicted molar refractivity (Wildman–Crippen MR) is 63.8 cm³/mol. The molecule has 0 aromatic rings. The number of ether oxygens (including phenoxy) is 1. The van der Waals surface area contributed by atoms with Gasteiger partial charge in [-0.2, -0.15) is 0 Å². The van der Waals surface area contributed by atoms with Crippen molar-refractivity contribution in [2.24, 2.45) is 0 Å². The van der Waals surface area contributed by atoms with Crippen LogP contribution in [0.5, 0.6) is 0 Å². The molecule has 0 bridgehead atoms. The van der Waals surface area contributed by atoms with Crippen molar-refractivity contribution < 1.29 is 14.6 Å². The maximum Gasteiger partial charge on any atom is 0.254 e. The van der Waals surface area contributed by atoms with E-state index in [4.69, 9.17) is 17.6 Å². The Morgan fingerprint density at radius 2 is 2.24 bits per heavy atom. The van der Waals surface area contributed by atoms with Crippen LogP contribution in [-0.2, 0) is 9.53 Å². The molecule has 0 aromatic heterocycles. The Labute approximate surface area is 102 Å². The van der Waals surface area contributed by atoms with E-state index < -0.39 is 12.2 Å². The molecule has 0 spiro atoms. The number of methoxy groups -OCH3 is 1. The van der Waals surface area contributed by atoms with Gasteiger partial charge in [0.05, 0.1) is 12.1 Å². The smallest absolute Gasteiger partial charge is 0.254 e. The van der Waals surface area contributed by atoms with Gasteiger partial charge >= 0.3 is 0 Å². The first-order valence-corrected chi connectivity index (χ1v) is 5.55. The number of aliphatic hydroxyl groups excluding tert-OH is 1. The van der Waals surface area contributed by atoms with E-state index in [1.165, 1.54) is 7.11 Å². The van der Waals surface area contributed by atoms with Gasteiger partial charge < -0.3 is 14.7 Å². The number of rotatable bonds is 6. The van der Waals surface area contributed by atoms with Crippen LogP contribution >= 0.6 is 0 Å². The van der Waals surface area contributed by atoms with Crippen molar-refractivity contribution in [3.8, 4) is 24.7 Å². The lowest BCUT2D eigenvalue weighted by atomic mass is 9.90. The number of carbonyl (C=O) groups is 1. The number of nitrogens with zero attached hydrogens (tertiary/aromatic N) is 1. The van der Waals surface area contributed by atoms with Gasteiger partial charge in [-0.25, -0.2) is 0 Å². The molecule has 3 atom stereocenters. The van der Waals surface area contributed by atoms with Crippen LogP contribution in [-0.4, -0.2) is 47.8 Å². The molecule has 1 aliphatic heterocycles. The molecule has 0 radical (unpaired) electrons. The van der Waals surface area contributed by atoms with Gasteiger partial charge in [-0.05, 0) is 6.42 Å². The molecule has 0 aromatic carbocycles. The molecule has 1 amide bonds. The topological polar surface area (TPSA) is 49.8 Å². The highest BCUT2D eigenvalue weighted by molar-refractivity contribution is 5.88. The summed E-state index contributed by atoms with van der Waals surface area (Å²) in [6.07, 6.45) is 10.5. The second kappa shape index (κ2) is 6.30. The average molecular weight is 235 g/mol.